The lowest BCUT2D eigenvalue weighted by molar-refractivity contribution is 0.314. The van der Waals surface area contributed by atoms with Gasteiger partial charge in [0, 0.05) is 11.8 Å². The Hall–Kier alpha value is -1.16. The molecule has 4 nitrogen and oxygen atoms in total. The number of H-pyrrole nitrogens is 1. The molecule has 1 heterocycles. The molecule has 1 unspecified atom stereocenters. The highest BCUT2D eigenvalue weighted by Crippen LogP contribution is 2.27. The van der Waals surface area contributed by atoms with Crippen LogP contribution in [0.4, 0.5) is 0 Å². The van der Waals surface area contributed by atoms with Gasteiger partial charge in [0.05, 0.1) is 6.04 Å². The molecule has 3 N–H and O–H groups in total. The Morgan fingerprint density at radius 3 is 2.47 bits per heavy atom. The quantitative estimate of drug-likeness (QED) is 0.844. The van der Waals surface area contributed by atoms with Crippen LogP contribution in [0.25, 0.3) is 0 Å². The first kappa shape index (κ1) is 13.9. The van der Waals surface area contributed by atoms with E-state index < -0.39 is 0 Å². The summed E-state index contributed by atoms with van der Waals surface area (Å²) in [5, 5.41) is 0. The lowest BCUT2D eigenvalue weighted by atomic mass is 9.87. The van der Waals surface area contributed by atoms with E-state index in [0.29, 0.717) is 11.7 Å². The summed E-state index contributed by atoms with van der Waals surface area (Å²) in [5.74, 6) is 1.06. The van der Waals surface area contributed by atoms with Gasteiger partial charge in [0.25, 0.3) is 5.56 Å². The van der Waals surface area contributed by atoms with E-state index in [1.165, 1.54) is 0 Å². The lowest BCUT2D eigenvalue weighted by Crippen LogP contribution is -2.30. The van der Waals surface area contributed by atoms with E-state index in [4.69, 9.17) is 5.73 Å². The predicted octanol–water partition coefficient (Wildman–Crippen LogP) is 2.01. The molecule has 0 aromatic carbocycles. The third kappa shape index (κ3) is 3.97. The summed E-state index contributed by atoms with van der Waals surface area (Å²) in [6.07, 6.45) is 0.799. The SMILES string of the molecule is CC(C)Cc1cc(=O)[nH]c(C(N)C(C)(C)C)n1. The van der Waals surface area contributed by atoms with Crippen LogP contribution in [0.5, 0.6) is 0 Å². The van der Waals surface area contributed by atoms with Gasteiger partial charge in [0.15, 0.2) is 0 Å². The van der Waals surface area contributed by atoms with Gasteiger partial charge in [-0.3, -0.25) is 4.79 Å². The average molecular weight is 237 g/mol. The average Bonchev–Trinajstić information content (AvgIpc) is 2.12. The van der Waals surface area contributed by atoms with E-state index in [2.05, 4.69) is 23.8 Å². The largest absolute Gasteiger partial charge is 0.321 e. The zero-order chi connectivity index (χ0) is 13.2. The van der Waals surface area contributed by atoms with E-state index in [0.717, 1.165) is 12.1 Å². The standard InChI is InChI=1S/C13H23N3O/c1-8(2)6-9-7-10(17)16-12(15-9)11(14)13(3,4)5/h7-8,11H,6,14H2,1-5H3,(H,15,16,17). The van der Waals surface area contributed by atoms with E-state index in [1.807, 2.05) is 20.8 Å². The minimum atomic E-state index is -0.262. The number of aromatic nitrogens is 2. The number of hydrogen-bond donors (Lipinski definition) is 2. The molecule has 0 spiro atoms. The third-order valence-electron chi connectivity index (χ3n) is 2.66. The number of rotatable bonds is 3. The molecular formula is C13H23N3O. The van der Waals surface area contributed by atoms with Crippen molar-refractivity contribution in [2.24, 2.45) is 17.1 Å². The monoisotopic (exact) mass is 237 g/mol. The number of nitrogens with zero attached hydrogens (tertiary/aromatic N) is 1. The summed E-state index contributed by atoms with van der Waals surface area (Å²) in [6, 6.07) is 1.29. The van der Waals surface area contributed by atoms with Crippen LogP contribution >= 0.6 is 0 Å². The van der Waals surface area contributed by atoms with Crippen molar-refractivity contribution in [3.05, 3.63) is 27.9 Å². The molecule has 1 aromatic heterocycles. The second kappa shape index (κ2) is 5.00. The van der Waals surface area contributed by atoms with Crippen LogP contribution in [0.2, 0.25) is 0 Å². The van der Waals surface area contributed by atoms with E-state index in [-0.39, 0.29) is 17.0 Å². The smallest absolute Gasteiger partial charge is 0.251 e. The molecule has 0 aliphatic carbocycles. The summed E-state index contributed by atoms with van der Waals surface area (Å²) in [6.45, 7) is 10.3. The highest BCUT2D eigenvalue weighted by molar-refractivity contribution is 5.07. The van der Waals surface area contributed by atoms with Crippen LogP contribution in [-0.4, -0.2) is 9.97 Å². The molecule has 0 radical (unpaired) electrons. The number of nitrogens with two attached hydrogens (primary N) is 1. The van der Waals surface area contributed by atoms with Crippen molar-refractivity contribution in [3.63, 3.8) is 0 Å². The van der Waals surface area contributed by atoms with Gasteiger partial charge in [-0.25, -0.2) is 4.98 Å². The van der Waals surface area contributed by atoms with Crippen molar-refractivity contribution < 1.29 is 0 Å². The Kier molecular flexibility index (Phi) is 4.09. The van der Waals surface area contributed by atoms with Gasteiger partial charge in [-0.2, -0.15) is 0 Å². The maximum Gasteiger partial charge on any atom is 0.251 e. The molecule has 0 bridgehead atoms. The topological polar surface area (TPSA) is 71.8 Å². The Morgan fingerprint density at radius 1 is 1.41 bits per heavy atom. The minimum absolute atomic E-state index is 0.119. The maximum absolute atomic E-state index is 11.6. The second-order valence-electron chi connectivity index (χ2n) is 6.06. The van der Waals surface area contributed by atoms with Crippen LogP contribution in [0.3, 0.4) is 0 Å². The molecule has 4 heteroatoms. The van der Waals surface area contributed by atoms with Crippen LogP contribution in [0.15, 0.2) is 10.9 Å². The van der Waals surface area contributed by atoms with E-state index in [9.17, 15) is 4.79 Å². The zero-order valence-electron chi connectivity index (χ0n) is 11.4. The highest BCUT2D eigenvalue weighted by Gasteiger charge is 2.24. The van der Waals surface area contributed by atoms with Gasteiger partial charge < -0.3 is 10.7 Å². The fourth-order valence-corrected chi connectivity index (χ4v) is 1.61. The summed E-state index contributed by atoms with van der Waals surface area (Å²) in [4.78, 5) is 18.8. The lowest BCUT2D eigenvalue weighted by Gasteiger charge is -2.26. The number of aromatic amines is 1. The molecule has 1 rings (SSSR count). The minimum Gasteiger partial charge on any atom is -0.321 e. The molecular weight excluding hydrogens is 214 g/mol. The maximum atomic E-state index is 11.6. The normalized spacial score (nSPS) is 14.1. The molecule has 0 amide bonds. The van der Waals surface area contributed by atoms with Gasteiger partial charge in [-0.05, 0) is 17.8 Å². The van der Waals surface area contributed by atoms with Gasteiger partial charge in [0.1, 0.15) is 5.82 Å². The molecule has 96 valence electrons. The molecule has 1 aromatic rings. The van der Waals surface area contributed by atoms with Crippen molar-refractivity contribution in [1.29, 1.82) is 0 Å². The predicted molar refractivity (Wildman–Crippen MR) is 69.8 cm³/mol. The molecule has 1 atom stereocenters. The second-order valence-corrected chi connectivity index (χ2v) is 6.06. The first-order valence-corrected chi connectivity index (χ1v) is 6.06. The molecule has 0 aliphatic rings. The van der Waals surface area contributed by atoms with E-state index in [1.54, 1.807) is 6.07 Å². The Morgan fingerprint density at radius 2 is 2.00 bits per heavy atom. The Bertz CT molecular complexity index is 429. The van der Waals surface area contributed by atoms with Gasteiger partial charge in [-0.1, -0.05) is 34.6 Å². The van der Waals surface area contributed by atoms with Crippen LogP contribution in [0.1, 0.15) is 52.2 Å². The first-order chi connectivity index (χ1) is 7.70. The number of nitrogens with one attached hydrogen (secondary N) is 1. The summed E-state index contributed by atoms with van der Waals surface area (Å²) in [7, 11) is 0. The van der Waals surface area contributed by atoms with Gasteiger partial charge in [0.2, 0.25) is 0 Å². The molecule has 0 aliphatic heterocycles. The van der Waals surface area contributed by atoms with Crippen LogP contribution in [-0.2, 0) is 6.42 Å². The van der Waals surface area contributed by atoms with Crippen molar-refractivity contribution in [3.8, 4) is 0 Å². The molecule has 0 saturated carbocycles. The van der Waals surface area contributed by atoms with Gasteiger partial charge >= 0.3 is 0 Å². The highest BCUT2D eigenvalue weighted by atomic mass is 16.1. The van der Waals surface area contributed by atoms with Crippen molar-refractivity contribution >= 4 is 0 Å². The van der Waals surface area contributed by atoms with Crippen molar-refractivity contribution in [1.82, 2.24) is 9.97 Å². The summed E-state index contributed by atoms with van der Waals surface area (Å²) < 4.78 is 0. The first-order valence-electron chi connectivity index (χ1n) is 6.06. The Labute approximate surface area is 103 Å². The Balaban J connectivity index is 3.09. The van der Waals surface area contributed by atoms with Crippen molar-refractivity contribution in [2.45, 2.75) is 47.1 Å². The van der Waals surface area contributed by atoms with Crippen LogP contribution in [0, 0.1) is 11.3 Å². The molecule has 0 fully saturated rings. The zero-order valence-corrected chi connectivity index (χ0v) is 11.4. The van der Waals surface area contributed by atoms with E-state index >= 15 is 0 Å². The third-order valence-corrected chi connectivity index (χ3v) is 2.66. The fourth-order valence-electron chi connectivity index (χ4n) is 1.61. The van der Waals surface area contributed by atoms with Gasteiger partial charge in [-0.15, -0.1) is 0 Å². The van der Waals surface area contributed by atoms with Crippen molar-refractivity contribution in [2.75, 3.05) is 0 Å². The summed E-state index contributed by atoms with van der Waals surface area (Å²) in [5.41, 5.74) is 6.69. The number of hydrogen-bond acceptors (Lipinski definition) is 3. The molecule has 0 saturated heterocycles. The van der Waals surface area contributed by atoms with Crippen LogP contribution < -0.4 is 11.3 Å². The molecule has 17 heavy (non-hydrogen) atoms. The summed E-state index contributed by atoms with van der Waals surface area (Å²) >= 11 is 0. The fraction of sp³-hybridized carbons (Fsp3) is 0.692.